The van der Waals surface area contributed by atoms with Crippen LogP contribution >= 0.6 is 0 Å². The maximum absolute atomic E-state index is 12.3. The number of carbonyl (C=O) groups excluding carboxylic acids is 1. The molecule has 7 nitrogen and oxygen atoms in total. The summed E-state index contributed by atoms with van der Waals surface area (Å²) in [5.41, 5.74) is 2.36. The molecule has 1 aliphatic rings. The molecule has 0 aliphatic carbocycles. The van der Waals surface area contributed by atoms with Crippen molar-refractivity contribution in [2.24, 2.45) is 0 Å². The molecule has 28 heavy (non-hydrogen) atoms. The molecule has 1 unspecified atom stereocenters. The third-order valence-electron chi connectivity index (χ3n) is 4.83. The number of urea groups is 1. The van der Waals surface area contributed by atoms with Gasteiger partial charge in [0.15, 0.2) is 5.58 Å². The van der Waals surface area contributed by atoms with Crippen LogP contribution in [0.15, 0.2) is 52.9 Å². The van der Waals surface area contributed by atoms with E-state index in [1.54, 1.807) is 0 Å². The number of oxazole rings is 1. The minimum atomic E-state index is -0.228. The zero-order valence-corrected chi connectivity index (χ0v) is 15.9. The highest BCUT2D eigenvalue weighted by Crippen LogP contribution is 2.28. The van der Waals surface area contributed by atoms with Crippen molar-refractivity contribution in [3.63, 3.8) is 0 Å². The highest BCUT2D eigenvalue weighted by Gasteiger charge is 2.28. The number of para-hydroxylation sites is 2. The van der Waals surface area contributed by atoms with E-state index < -0.39 is 0 Å². The Hall–Kier alpha value is -3.22. The van der Waals surface area contributed by atoms with E-state index in [9.17, 15) is 4.79 Å². The molecule has 2 amide bonds. The molecular weight excluding hydrogens is 356 g/mol. The summed E-state index contributed by atoms with van der Waals surface area (Å²) in [6.45, 7) is 3.96. The molecule has 1 fully saturated rings. The van der Waals surface area contributed by atoms with Crippen molar-refractivity contribution >= 4 is 28.8 Å². The van der Waals surface area contributed by atoms with Crippen molar-refractivity contribution in [3.8, 4) is 5.75 Å². The average molecular weight is 380 g/mol. The number of benzene rings is 2. The monoisotopic (exact) mass is 380 g/mol. The molecule has 0 bridgehead atoms. The number of nitrogens with one attached hydrogen (secondary N) is 2. The van der Waals surface area contributed by atoms with Gasteiger partial charge in [0.2, 0.25) is 0 Å². The third kappa shape index (κ3) is 4.03. The predicted molar refractivity (Wildman–Crippen MR) is 109 cm³/mol. The Bertz CT molecular complexity index is 905. The SMILES string of the molecule is CCOc1ccc(NC(=O)NCC2CCCN2c2nc3ccccc3o2)cc1. The summed E-state index contributed by atoms with van der Waals surface area (Å²) in [6, 6.07) is 15.6. The van der Waals surface area contributed by atoms with Crippen molar-refractivity contribution in [2.45, 2.75) is 25.8 Å². The van der Waals surface area contributed by atoms with Crippen LogP contribution < -0.4 is 20.3 Å². The van der Waals surface area contributed by atoms with Crippen LogP contribution in [0, 0.1) is 0 Å². The first-order chi connectivity index (χ1) is 13.7. The number of aromatic nitrogens is 1. The van der Waals surface area contributed by atoms with Gasteiger partial charge in [-0.25, -0.2) is 4.79 Å². The molecular formula is C21H24N4O3. The molecule has 146 valence electrons. The first-order valence-corrected chi connectivity index (χ1v) is 9.63. The van der Waals surface area contributed by atoms with Gasteiger partial charge in [-0.15, -0.1) is 0 Å². The number of hydrogen-bond donors (Lipinski definition) is 2. The lowest BCUT2D eigenvalue weighted by Crippen LogP contribution is -2.41. The Labute approximate surface area is 163 Å². The van der Waals surface area contributed by atoms with Gasteiger partial charge in [-0.3, -0.25) is 0 Å². The molecule has 1 aliphatic heterocycles. The minimum Gasteiger partial charge on any atom is -0.494 e. The fourth-order valence-electron chi connectivity index (χ4n) is 3.47. The number of rotatable bonds is 6. The molecule has 1 saturated heterocycles. The molecule has 0 radical (unpaired) electrons. The second kappa shape index (κ2) is 8.21. The smallest absolute Gasteiger partial charge is 0.319 e. The van der Waals surface area contributed by atoms with Crippen molar-refractivity contribution in [3.05, 3.63) is 48.5 Å². The molecule has 2 heterocycles. The Balaban J connectivity index is 1.33. The lowest BCUT2D eigenvalue weighted by molar-refractivity contribution is 0.251. The Morgan fingerprint density at radius 1 is 1.25 bits per heavy atom. The Kier molecular flexibility index (Phi) is 5.32. The first kappa shape index (κ1) is 18.2. The van der Waals surface area contributed by atoms with Gasteiger partial charge in [-0.1, -0.05) is 12.1 Å². The summed E-state index contributed by atoms with van der Waals surface area (Å²) < 4.78 is 11.3. The van der Waals surface area contributed by atoms with Gasteiger partial charge < -0.3 is 24.7 Å². The highest BCUT2D eigenvalue weighted by molar-refractivity contribution is 5.89. The predicted octanol–water partition coefficient (Wildman–Crippen LogP) is 4.02. The molecule has 2 aromatic carbocycles. The largest absolute Gasteiger partial charge is 0.494 e. The maximum atomic E-state index is 12.3. The fraction of sp³-hybridized carbons (Fsp3) is 0.333. The van der Waals surface area contributed by atoms with E-state index in [1.807, 2.05) is 55.5 Å². The molecule has 4 rings (SSSR count). The minimum absolute atomic E-state index is 0.166. The van der Waals surface area contributed by atoms with Crippen LogP contribution in [0.2, 0.25) is 0 Å². The van der Waals surface area contributed by atoms with Crippen LogP contribution in [0.3, 0.4) is 0 Å². The number of ether oxygens (including phenoxy) is 1. The summed E-state index contributed by atoms with van der Waals surface area (Å²) in [4.78, 5) is 19.0. The van der Waals surface area contributed by atoms with Gasteiger partial charge in [0.05, 0.1) is 12.6 Å². The van der Waals surface area contributed by atoms with E-state index in [1.165, 1.54) is 0 Å². The zero-order valence-electron chi connectivity index (χ0n) is 15.9. The van der Waals surface area contributed by atoms with E-state index in [2.05, 4.69) is 20.5 Å². The molecule has 1 atom stereocenters. The van der Waals surface area contributed by atoms with Crippen LogP contribution in [0.5, 0.6) is 5.75 Å². The van der Waals surface area contributed by atoms with Gasteiger partial charge in [-0.05, 0) is 56.2 Å². The lowest BCUT2D eigenvalue weighted by atomic mass is 10.2. The van der Waals surface area contributed by atoms with Gasteiger partial charge in [-0.2, -0.15) is 4.98 Å². The van der Waals surface area contributed by atoms with E-state index in [-0.39, 0.29) is 12.1 Å². The number of hydrogen-bond acceptors (Lipinski definition) is 5. The third-order valence-corrected chi connectivity index (χ3v) is 4.83. The number of carbonyl (C=O) groups is 1. The van der Waals surface area contributed by atoms with Crippen LogP contribution in [0.4, 0.5) is 16.5 Å². The normalized spacial score (nSPS) is 16.3. The summed E-state index contributed by atoms with van der Waals surface area (Å²) >= 11 is 0. The quantitative estimate of drug-likeness (QED) is 0.675. The second-order valence-corrected chi connectivity index (χ2v) is 6.75. The summed E-state index contributed by atoms with van der Waals surface area (Å²) in [5.74, 6) is 0.786. The van der Waals surface area contributed by atoms with Gasteiger partial charge in [0, 0.05) is 18.8 Å². The Morgan fingerprint density at radius 3 is 2.86 bits per heavy atom. The molecule has 3 aromatic rings. The number of amides is 2. The molecule has 1 aromatic heterocycles. The van der Waals surface area contributed by atoms with Crippen LogP contribution in [0.25, 0.3) is 11.1 Å². The molecule has 0 saturated carbocycles. The van der Waals surface area contributed by atoms with Crippen molar-refractivity contribution in [2.75, 3.05) is 29.9 Å². The number of nitrogens with zero attached hydrogens (tertiary/aromatic N) is 2. The molecule has 7 heteroatoms. The maximum Gasteiger partial charge on any atom is 0.319 e. The lowest BCUT2D eigenvalue weighted by Gasteiger charge is -2.23. The zero-order chi connectivity index (χ0) is 19.3. The standard InChI is InChI=1S/C21H24N4O3/c1-2-27-17-11-9-15(10-12-17)23-20(26)22-14-16-6-5-13-25(16)21-24-18-7-3-4-8-19(18)28-21/h3-4,7-12,16H,2,5-6,13-14H2,1H3,(H2,22,23,26). The van der Waals surface area contributed by atoms with E-state index in [4.69, 9.17) is 9.15 Å². The van der Waals surface area contributed by atoms with Crippen molar-refractivity contribution in [1.82, 2.24) is 10.3 Å². The summed E-state index contributed by atoms with van der Waals surface area (Å²) in [6.07, 6.45) is 2.04. The summed E-state index contributed by atoms with van der Waals surface area (Å²) in [7, 11) is 0. The first-order valence-electron chi connectivity index (χ1n) is 9.63. The van der Waals surface area contributed by atoms with Crippen molar-refractivity contribution < 1.29 is 13.9 Å². The van der Waals surface area contributed by atoms with Gasteiger partial charge in [0.1, 0.15) is 11.3 Å². The van der Waals surface area contributed by atoms with Crippen LogP contribution in [-0.4, -0.2) is 36.8 Å². The van der Waals surface area contributed by atoms with Crippen molar-refractivity contribution in [1.29, 1.82) is 0 Å². The second-order valence-electron chi connectivity index (χ2n) is 6.75. The van der Waals surface area contributed by atoms with E-state index in [0.29, 0.717) is 19.2 Å². The van der Waals surface area contributed by atoms with Crippen LogP contribution in [0.1, 0.15) is 19.8 Å². The van der Waals surface area contributed by atoms with E-state index >= 15 is 0 Å². The fourth-order valence-corrected chi connectivity index (χ4v) is 3.47. The molecule has 2 N–H and O–H groups in total. The summed E-state index contributed by atoms with van der Waals surface area (Å²) in [5, 5.41) is 5.80. The molecule has 0 spiro atoms. The van der Waals surface area contributed by atoms with E-state index in [0.717, 1.165) is 41.9 Å². The van der Waals surface area contributed by atoms with Gasteiger partial charge >= 0.3 is 6.03 Å². The topological polar surface area (TPSA) is 79.6 Å². The van der Waals surface area contributed by atoms with Gasteiger partial charge in [0.25, 0.3) is 6.01 Å². The number of anilines is 2. The average Bonchev–Trinajstić information content (AvgIpc) is 3.34. The number of fused-ring (bicyclic) bond motifs is 1. The van der Waals surface area contributed by atoms with Crippen LogP contribution in [-0.2, 0) is 0 Å². The highest BCUT2D eigenvalue weighted by atomic mass is 16.5. The Morgan fingerprint density at radius 2 is 2.07 bits per heavy atom.